The van der Waals surface area contributed by atoms with Crippen LogP contribution in [0, 0.1) is 5.82 Å². The summed E-state index contributed by atoms with van der Waals surface area (Å²) in [5.74, 6) is -0.366. The normalized spacial score (nSPS) is 10.5. The van der Waals surface area contributed by atoms with Crippen LogP contribution >= 0.6 is 11.6 Å². The van der Waals surface area contributed by atoms with E-state index in [-0.39, 0.29) is 11.6 Å². The molecule has 0 bridgehead atoms. The number of aromatic nitrogens is 1. The number of carbonyl (C=O) groups excluding carboxylic acids is 1. The highest BCUT2D eigenvalue weighted by atomic mass is 35.5. The Kier molecular flexibility index (Phi) is 3.29. The Labute approximate surface area is 104 Å². The van der Waals surface area contributed by atoms with E-state index in [9.17, 15) is 9.18 Å². The highest BCUT2D eigenvalue weighted by molar-refractivity contribution is 6.30. The van der Waals surface area contributed by atoms with Crippen molar-refractivity contribution in [2.45, 2.75) is 13.5 Å². The quantitative estimate of drug-likeness (QED) is 0.765. The van der Waals surface area contributed by atoms with Gasteiger partial charge in [0.25, 0.3) is 0 Å². The number of nitrogens with zero attached hydrogens (tertiary/aromatic N) is 1. The van der Waals surface area contributed by atoms with E-state index in [1.54, 1.807) is 29.0 Å². The molecule has 88 valence electrons. The second-order valence-corrected chi connectivity index (χ2v) is 4.25. The summed E-state index contributed by atoms with van der Waals surface area (Å²) in [6.45, 7) is 1.79. The molecule has 0 aliphatic rings. The van der Waals surface area contributed by atoms with E-state index in [0.29, 0.717) is 22.8 Å². The summed E-state index contributed by atoms with van der Waals surface area (Å²) >= 11 is 5.82. The predicted octanol–water partition coefficient (Wildman–Crippen LogP) is 3.53. The summed E-state index contributed by atoms with van der Waals surface area (Å²) in [4.78, 5) is 11.3. The average molecular weight is 252 g/mol. The largest absolute Gasteiger partial charge is 0.341 e. The van der Waals surface area contributed by atoms with Crippen LogP contribution in [0.15, 0.2) is 36.5 Å². The van der Waals surface area contributed by atoms with Crippen molar-refractivity contribution in [2.75, 3.05) is 0 Å². The van der Waals surface area contributed by atoms with Crippen molar-refractivity contribution in [3.8, 4) is 0 Å². The van der Waals surface area contributed by atoms with Crippen LogP contribution in [0.4, 0.5) is 4.39 Å². The third-order valence-electron chi connectivity index (χ3n) is 2.54. The summed E-state index contributed by atoms with van der Waals surface area (Å²) in [5, 5.41) is 0.484. The number of hydrogen-bond donors (Lipinski definition) is 0. The predicted molar refractivity (Wildman–Crippen MR) is 64.9 cm³/mol. The monoisotopic (exact) mass is 251 g/mol. The van der Waals surface area contributed by atoms with Gasteiger partial charge in [0.05, 0.1) is 12.2 Å². The summed E-state index contributed by atoms with van der Waals surface area (Å²) in [6, 6.07) is 7.88. The molecule has 0 N–H and O–H groups in total. The molecule has 1 aromatic heterocycles. The Balaban J connectivity index is 2.34. The minimum Gasteiger partial charge on any atom is -0.341 e. The molecular formula is C13H11ClFNO. The molecule has 0 aliphatic heterocycles. The molecule has 2 aromatic rings. The summed E-state index contributed by atoms with van der Waals surface area (Å²) in [6.07, 6.45) is 1.75. The van der Waals surface area contributed by atoms with Crippen molar-refractivity contribution in [2.24, 2.45) is 0 Å². The molecule has 0 atom stereocenters. The van der Waals surface area contributed by atoms with Crippen LogP contribution < -0.4 is 0 Å². The molecule has 1 aromatic carbocycles. The molecule has 0 fully saturated rings. The molecule has 17 heavy (non-hydrogen) atoms. The van der Waals surface area contributed by atoms with E-state index in [1.165, 1.54) is 19.1 Å². The SMILES string of the molecule is CC(=O)c1cccn1Cc1cc(Cl)ccc1F. The van der Waals surface area contributed by atoms with Crippen LogP contribution in [-0.2, 0) is 6.54 Å². The highest BCUT2D eigenvalue weighted by Gasteiger charge is 2.09. The minimum absolute atomic E-state index is 0.0440. The van der Waals surface area contributed by atoms with Gasteiger partial charge in [0.15, 0.2) is 5.78 Å². The van der Waals surface area contributed by atoms with Crippen LogP contribution in [-0.4, -0.2) is 10.4 Å². The van der Waals surface area contributed by atoms with Crippen molar-refractivity contribution in [3.63, 3.8) is 0 Å². The number of benzene rings is 1. The number of halogens is 2. The van der Waals surface area contributed by atoms with Crippen LogP contribution in [0.5, 0.6) is 0 Å². The zero-order chi connectivity index (χ0) is 12.4. The molecule has 2 rings (SSSR count). The van der Waals surface area contributed by atoms with Gasteiger partial charge in [-0.05, 0) is 30.3 Å². The van der Waals surface area contributed by atoms with Crippen molar-refractivity contribution in [3.05, 3.63) is 58.6 Å². The third-order valence-corrected chi connectivity index (χ3v) is 2.77. The van der Waals surface area contributed by atoms with Crippen molar-refractivity contribution in [1.82, 2.24) is 4.57 Å². The van der Waals surface area contributed by atoms with Crippen molar-refractivity contribution in [1.29, 1.82) is 0 Å². The van der Waals surface area contributed by atoms with Crippen LogP contribution in [0.25, 0.3) is 0 Å². The number of rotatable bonds is 3. The molecule has 0 radical (unpaired) electrons. The smallest absolute Gasteiger partial charge is 0.176 e. The van der Waals surface area contributed by atoms with Gasteiger partial charge in [-0.25, -0.2) is 4.39 Å². The molecule has 0 saturated heterocycles. The van der Waals surface area contributed by atoms with E-state index in [0.717, 1.165) is 0 Å². The second kappa shape index (κ2) is 4.72. The van der Waals surface area contributed by atoms with E-state index in [2.05, 4.69) is 0 Å². The molecule has 0 unspecified atom stereocenters. The third kappa shape index (κ3) is 2.56. The fraction of sp³-hybridized carbons (Fsp3) is 0.154. The molecule has 2 nitrogen and oxygen atoms in total. The first-order valence-electron chi connectivity index (χ1n) is 5.18. The van der Waals surface area contributed by atoms with Crippen molar-refractivity contribution >= 4 is 17.4 Å². The average Bonchev–Trinajstić information content (AvgIpc) is 2.71. The van der Waals surface area contributed by atoms with Gasteiger partial charge in [-0.15, -0.1) is 0 Å². The Morgan fingerprint density at radius 3 is 2.88 bits per heavy atom. The maximum Gasteiger partial charge on any atom is 0.176 e. The fourth-order valence-corrected chi connectivity index (χ4v) is 1.91. The van der Waals surface area contributed by atoms with Gasteiger partial charge in [-0.3, -0.25) is 4.79 Å². The Morgan fingerprint density at radius 1 is 1.41 bits per heavy atom. The molecular weight excluding hydrogens is 241 g/mol. The van der Waals surface area contributed by atoms with Gasteiger partial charge in [-0.1, -0.05) is 11.6 Å². The van der Waals surface area contributed by atoms with E-state index >= 15 is 0 Å². The molecule has 0 amide bonds. The van der Waals surface area contributed by atoms with Gasteiger partial charge in [-0.2, -0.15) is 0 Å². The lowest BCUT2D eigenvalue weighted by atomic mass is 10.2. The standard InChI is InChI=1S/C13H11ClFNO/c1-9(17)13-3-2-6-16(13)8-10-7-11(14)4-5-12(10)15/h2-7H,8H2,1H3. The molecule has 4 heteroatoms. The lowest BCUT2D eigenvalue weighted by molar-refractivity contribution is 0.100. The zero-order valence-electron chi connectivity index (χ0n) is 9.28. The van der Waals surface area contributed by atoms with Gasteiger partial charge >= 0.3 is 0 Å². The molecule has 0 saturated carbocycles. The number of hydrogen-bond acceptors (Lipinski definition) is 1. The van der Waals surface area contributed by atoms with Crippen LogP contribution in [0.3, 0.4) is 0 Å². The highest BCUT2D eigenvalue weighted by Crippen LogP contribution is 2.17. The maximum atomic E-state index is 13.5. The van der Waals surface area contributed by atoms with Crippen LogP contribution in [0.2, 0.25) is 5.02 Å². The minimum atomic E-state index is -0.322. The summed E-state index contributed by atoms with van der Waals surface area (Å²) < 4.78 is 15.2. The second-order valence-electron chi connectivity index (χ2n) is 3.81. The van der Waals surface area contributed by atoms with Gasteiger partial charge in [0.2, 0.25) is 0 Å². The lowest BCUT2D eigenvalue weighted by Crippen LogP contribution is -2.07. The van der Waals surface area contributed by atoms with Gasteiger partial charge < -0.3 is 4.57 Å². The Bertz CT molecular complexity index is 562. The number of carbonyl (C=O) groups is 1. The topological polar surface area (TPSA) is 22.0 Å². The van der Waals surface area contributed by atoms with Gasteiger partial charge in [0.1, 0.15) is 5.82 Å². The molecule has 0 aliphatic carbocycles. The zero-order valence-corrected chi connectivity index (χ0v) is 10.0. The van der Waals surface area contributed by atoms with Gasteiger partial charge in [0, 0.05) is 23.7 Å². The van der Waals surface area contributed by atoms with E-state index in [4.69, 9.17) is 11.6 Å². The van der Waals surface area contributed by atoms with Crippen molar-refractivity contribution < 1.29 is 9.18 Å². The van der Waals surface area contributed by atoms with Crippen LogP contribution in [0.1, 0.15) is 23.0 Å². The summed E-state index contributed by atoms with van der Waals surface area (Å²) in [5.41, 5.74) is 1.03. The molecule has 1 heterocycles. The lowest BCUT2D eigenvalue weighted by Gasteiger charge is -2.08. The number of ketones is 1. The first-order valence-corrected chi connectivity index (χ1v) is 5.56. The first kappa shape index (κ1) is 11.9. The fourth-order valence-electron chi connectivity index (χ4n) is 1.72. The maximum absolute atomic E-state index is 13.5. The molecule has 0 spiro atoms. The van der Waals surface area contributed by atoms with E-state index in [1.807, 2.05) is 0 Å². The Morgan fingerprint density at radius 2 is 2.18 bits per heavy atom. The first-order chi connectivity index (χ1) is 8.08. The number of Topliss-reactive ketones (excluding diaryl/α,β-unsaturated/α-hetero) is 1. The summed E-state index contributed by atoms with van der Waals surface area (Å²) in [7, 11) is 0. The van der Waals surface area contributed by atoms with E-state index < -0.39 is 0 Å². The Hall–Kier alpha value is -1.61.